The summed E-state index contributed by atoms with van der Waals surface area (Å²) < 4.78 is 28.3. The molecule has 0 aromatic carbocycles. The van der Waals surface area contributed by atoms with Gasteiger partial charge in [0.2, 0.25) is 10.0 Å². The molecule has 0 saturated heterocycles. The Kier molecular flexibility index (Phi) is 4.15. The predicted molar refractivity (Wildman–Crippen MR) is 71.1 cm³/mol. The molecule has 0 unspecified atom stereocenters. The summed E-state index contributed by atoms with van der Waals surface area (Å²) in [5.74, 6) is 0. The molecule has 0 aliphatic carbocycles. The molecule has 1 N–H and O–H groups in total. The first kappa shape index (κ1) is 13.3. The largest absolute Gasteiger partial charge is 0.272 e. The number of nitrogens with zero attached hydrogens (tertiary/aromatic N) is 2. The van der Waals surface area contributed by atoms with Crippen LogP contribution < -0.4 is 4.72 Å². The van der Waals surface area contributed by atoms with Crippen LogP contribution in [0, 0.1) is 6.92 Å². The first-order valence-corrected chi connectivity index (χ1v) is 7.96. The fourth-order valence-electron chi connectivity index (χ4n) is 1.52. The summed E-state index contributed by atoms with van der Waals surface area (Å²) in [6, 6.07) is 3.33. The van der Waals surface area contributed by atoms with E-state index in [0.29, 0.717) is 23.7 Å². The summed E-state index contributed by atoms with van der Waals surface area (Å²) >= 11 is 1.22. The van der Waals surface area contributed by atoms with Gasteiger partial charge in [0, 0.05) is 19.3 Å². The highest BCUT2D eigenvalue weighted by molar-refractivity contribution is 7.91. The van der Waals surface area contributed by atoms with Crippen LogP contribution in [0.2, 0.25) is 0 Å². The van der Waals surface area contributed by atoms with E-state index < -0.39 is 10.0 Å². The van der Waals surface area contributed by atoms with E-state index in [0.717, 1.165) is 5.56 Å². The Balaban J connectivity index is 1.79. The average Bonchev–Trinajstić information content (AvgIpc) is 2.95. The van der Waals surface area contributed by atoms with Crippen LogP contribution in [0.25, 0.3) is 0 Å². The van der Waals surface area contributed by atoms with Crippen LogP contribution in [0.3, 0.4) is 0 Å². The van der Waals surface area contributed by atoms with E-state index in [9.17, 15) is 8.42 Å². The minimum absolute atomic E-state index is 0.359. The monoisotopic (exact) mass is 285 g/mol. The molecule has 0 fully saturated rings. The van der Waals surface area contributed by atoms with Gasteiger partial charge >= 0.3 is 0 Å². The number of rotatable bonds is 6. The highest BCUT2D eigenvalue weighted by Crippen LogP contribution is 2.14. The lowest BCUT2D eigenvalue weighted by Crippen LogP contribution is -2.24. The number of sulfonamides is 1. The molecule has 0 radical (unpaired) electrons. The molecular weight excluding hydrogens is 270 g/mol. The van der Waals surface area contributed by atoms with Crippen molar-refractivity contribution in [2.75, 3.05) is 6.54 Å². The lowest BCUT2D eigenvalue weighted by atomic mass is 10.4. The van der Waals surface area contributed by atoms with Crippen molar-refractivity contribution < 1.29 is 8.42 Å². The molecule has 2 aromatic heterocycles. The zero-order chi connectivity index (χ0) is 13.0. The molecule has 0 aliphatic rings. The van der Waals surface area contributed by atoms with E-state index in [1.807, 2.05) is 17.8 Å². The highest BCUT2D eigenvalue weighted by Gasteiger charge is 2.13. The van der Waals surface area contributed by atoms with Crippen LogP contribution in [-0.2, 0) is 16.6 Å². The summed E-state index contributed by atoms with van der Waals surface area (Å²) in [7, 11) is -3.33. The lowest BCUT2D eigenvalue weighted by molar-refractivity contribution is 0.554. The molecule has 2 heterocycles. The van der Waals surface area contributed by atoms with E-state index in [-0.39, 0.29) is 0 Å². The second kappa shape index (κ2) is 5.64. The van der Waals surface area contributed by atoms with Crippen molar-refractivity contribution in [2.45, 2.75) is 24.1 Å². The first-order chi connectivity index (χ1) is 8.58. The highest BCUT2D eigenvalue weighted by atomic mass is 32.2. The number of hydrogen-bond donors (Lipinski definition) is 1. The van der Waals surface area contributed by atoms with E-state index in [2.05, 4.69) is 9.82 Å². The van der Waals surface area contributed by atoms with Gasteiger partial charge in [-0.1, -0.05) is 6.07 Å². The molecule has 0 aliphatic heterocycles. The van der Waals surface area contributed by atoms with Crippen LogP contribution in [0.5, 0.6) is 0 Å². The predicted octanol–water partition coefficient (Wildman–Crippen LogP) is 1.62. The SMILES string of the molecule is Cc1cnn(CCCNS(=O)(=O)c2cccs2)c1. The van der Waals surface area contributed by atoms with Gasteiger partial charge in [0.05, 0.1) is 6.20 Å². The Bertz CT molecular complexity index is 588. The maximum absolute atomic E-state index is 11.8. The number of thiophene rings is 1. The van der Waals surface area contributed by atoms with Crippen molar-refractivity contribution in [1.82, 2.24) is 14.5 Å². The second-order valence-electron chi connectivity index (χ2n) is 3.96. The van der Waals surface area contributed by atoms with Gasteiger partial charge < -0.3 is 0 Å². The summed E-state index contributed by atoms with van der Waals surface area (Å²) in [6.07, 6.45) is 4.44. The Morgan fingerprint density at radius 1 is 1.50 bits per heavy atom. The Labute approximate surface area is 111 Å². The van der Waals surface area contributed by atoms with Crippen molar-refractivity contribution in [1.29, 1.82) is 0 Å². The summed E-state index contributed by atoms with van der Waals surface area (Å²) in [5.41, 5.74) is 1.11. The first-order valence-electron chi connectivity index (χ1n) is 5.60. The third-order valence-corrected chi connectivity index (χ3v) is 5.24. The molecular formula is C11H15N3O2S2. The topological polar surface area (TPSA) is 64.0 Å². The van der Waals surface area contributed by atoms with Gasteiger partial charge in [-0.15, -0.1) is 11.3 Å². The van der Waals surface area contributed by atoms with Crippen LogP contribution in [0.1, 0.15) is 12.0 Å². The van der Waals surface area contributed by atoms with Gasteiger partial charge in [-0.25, -0.2) is 13.1 Å². The maximum Gasteiger partial charge on any atom is 0.250 e. The Morgan fingerprint density at radius 2 is 2.33 bits per heavy atom. The molecule has 18 heavy (non-hydrogen) atoms. The van der Waals surface area contributed by atoms with Crippen molar-refractivity contribution >= 4 is 21.4 Å². The summed E-state index contributed by atoms with van der Waals surface area (Å²) in [6.45, 7) is 3.10. The van der Waals surface area contributed by atoms with Crippen molar-refractivity contribution in [3.8, 4) is 0 Å². The second-order valence-corrected chi connectivity index (χ2v) is 6.91. The van der Waals surface area contributed by atoms with E-state index in [1.165, 1.54) is 11.3 Å². The molecule has 0 saturated carbocycles. The van der Waals surface area contributed by atoms with Crippen molar-refractivity contribution in [3.05, 3.63) is 35.5 Å². The number of nitrogens with one attached hydrogen (secondary N) is 1. The van der Waals surface area contributed by atoms with Crippen LogP contribution in [-0.4, -0.2) is 24.7 Å². The zero-order valence-electron chi connectivity index (χ0n) is 10.0. The standard InChI is InChI=1S/C11H15N3O2S2/c1-10-8-12-14(9-10)6-3-5-13-18(15,16)11-4-2-7-17-11/h2,4,7-9,13H,3,5-6H2,1H3. The molecule has 0 bridgehead atoms. The maximum atomic E-state index is 11.8. The van der Waals surface area contributed by atoms with E-state index in [1.54, 1.807) is 23.7 Å². The average molecular weight is 285 g/mol. The van der Waals surface area contributed by atoms with Crippen LogP contribution >= 0.6 is 11.3 Å². The Hall–Kier alpha value is -1.18. The van der Waals surface area contributed by atoms with E-state index >= 15 is 0 Å². The van der Waals surface area contributed by atoms with Crippen LogP contribution in [0.15, 0.2) is 34.1 Å². The molecule has 5 nitrogen and oxygen atoms in total. The summed E-state index contributed by atoms with van der Waals surface area (Å²) in [5, 5.41) is 5.89. The number of hydrogen-bond acceptors (Lipinski definition) is 4. The molecule has 98 valence electrons. The van der Waals surface area contributed by atoms with Gasteiger partial charge in [-0.05, 0) is 30.4 Å². The third kappa shape index (κ3) is 3.41. The van der Waals surface area contributed by atoms with Gasteiger partial charge in [-0.3, -0.25) is 4.68 Å². The molecule has 0 amide bonds. The summed E-state index contributed by atoms with van der Waals surface area (Å²) in [4.78, 5) is 0. The minimum Gasteiger partial charge on any atom is -0.272 e. The Morgan fingerprint density at radius 3 is 2.94 bits per heavy atom. The minimum atomic E-state index is -3.33. The molecule has 2 aromatic rings. The fourth-order valence-corrected chi connectivity index (χ4v) is 3.64. The van der Waals surface area contributed by atoms with Gasteiger partial charge in [0.1, 0.15) is 4.21 Å². The van der Waals surface area contributed by atoms with Gasteiger partial charge in [0.15, 0.2) is 0 Å². The molecule has 2 rings (SSSR count). The quantitative estimate of drug-likeness (QED) is 0.820. The van der Waals surface area contributed by atoms with Crippen molar-refractivity contribution in [2.24, 2.45) is 0 Å². The lowest BCUT2D eigenvalue weighted by Gasteiger charge is -2.04. The van der Waals surface area contributed by atoms with Crippen molar-refractivity contribution in [3.63, 3.8) is 0 Å². The molecule has 0 spiro atoms. The van der Waals surface area contributed by atoms with Gasteiger partial charge in [-0.2, -0.15) is 5.10 Å². The fraction of sp³-hybridized carbons (Fsp3) is 0.364. The van der Waals surface area contributed by atoms with Gasteiger partial charge in [0.25, 0.3) is 0 Å². The van der Waals surface area contributed by atoms with Crippen LogP contribution in [0.4, 0.5) is 0 Å². The number of aromatic nitrogens is 2. The molecule has 0 atom stereocenters. The number of aryl methyl sites for hydroxylation is 2. The third-order valence-electron chi connectivity index (χ3n) is 2.38. The smallest absolute Gasteiger partial charge is 0.250 e. The zero-order valence-corrected chi connectivity index (χ0v) is 11.7. The van der Waals surface area contributed by atoms with E-state index in [4.69, 9.17) is 0 Å². The normalized spacial score (nSPS) is 11.8. The molecule has 7 heteroatoms.